The van der Waals surface area contributed by atoms with Crippen molar-refractivity contribution in [1.82, 2.24) is 0 Å². The summed E-state index contributed by atoms with van der Waals surface area (Å²) in [6.07, 6.45) is 0. The van der Waals surface area contributed by atoms with Crippen molar-refractivity contribution in [3.8, 4) is 11.5 Å². The first kappa shape index (κ1) is 13.6. The third kappa shape index (κ3) is 3.32. The Kier molecular flexibility index (Phi) is 4.17. The molecule has 0 saturated carbocycles. The number of aryl methyl sites for hydroxylation is 1. The van der Waals surface area contributed by atoms with E-state index in [1.807, 2.05) is 31.2 Å². The first-order chi connectivity index (χ1) is 9.10. The van der Waals surface area contributed by atoms with E-state index < -0.39 is 0 Å². The van der Waals surface area contributed by atoms with Crippen LogP contribution in [0.1, 0.15) is 11.1 Å². The van der Waals surface area contributed by atoms with Gasteiger partial charge in [-0.1, -0.05) is 23.7 Å². The largest absolute Gasteiger partial charge is 0.504 e. The van der Waals surface area contributed by atoms with Gasteiger partial charge in [0.25, 0.3) is 0 Å². The summed E-state index contributed by atoms with van der Waals surface area (Å²) in [6.45, 7) is 2.63. The van der Waals surface area contributed by atoms with E-state index >= 15 is 0 Å². The molecule has 2 rings (SSSR count). The highest BCUT2D eigenvalue weighted by atomic mass is 35.5. The van der Waals surface area contributed by atoms with Crippen LogP contribution in [-0.2, 0) is 6.54 Å². The normalized spacial score (nSPS) is 10.3. The lowest BCUT2D eigenvalue weighted by Crippen LogP contribution is -2.01. The van der Waals surface area contributed by atoms with E-state index in [1.54, 1.807) is 12.1 Å². The van der Waals surface area contributed by atoms with Crippen LogP contribution in [0.15, 0.2) is 36.4 Å². The van der Waals surface area contributed by atoms with Crippen molar-refractivity contribution in [1.29, 1.82) is 0 Å². The number of anilines is 1. The van der Waals surface area contributed by atoms with Crippen molar-refractivity contribution in [3.05, 3.63) is 52.5 Å². The third-order valence-corrected chi connectivity index (χ3v) is 3.16. The number of methoxy groups -OCH3 is 1. The van der Waals surface area contributed by atoms with E-state index in [0.717, 1.165) is 16.8 Å². The van der Waals surface area contributed by atoms with Crippen LogP contribution in [0.2, 0.25) is 5.02 Å². The fourth-order valence-corrected chi connectivity index (χ4v) is 2.00. The molecule has 0 saturated heterocycles. The molecule has 0 radical (unpaired) electrons. The number of ether oxygens (including phenoxy) is 1. The van der Waals surface area contributed by atoms with Crippen molar-refractivity contribution in [2.24, 2.45) is 0 Å². The molecule has 0 spiro atoms. The van der Waals surface area contributed by atoms with Crippen molar-refractivity contribution >= 4 is 17.3 Å². The van der Waals surface area contributed by atoms with E-state index in [1.165, 1.54) is 7.11 Å². The average molecular weight is 278 g/mol. The van der Waals surface area contributed by atoms with E-state index in [2.05, 4.69) is 5.32 Å². The highest BCUT2D eigenvalue weighted by Crippen LogP contribution is 2.27. The quantitative estimate of drug-likeness (QED) is 0.888. The van der Waals surface area contributed by atoms with Gasteiger partial charge in [0.1, 0.15) is 0 Å². The molecule has 3 nitrogen and oxygen atoms in total. The predicted molar refractivity (Wildman–Crippen MR) is 78.2 cm³/mol. The van der Waals surface area contributed by atoms with Gasteiger partial charge in [0.15, 0.2) is 11.5 Å². The molecule has 0 aromatic heterocycles. The highest BCUT2D eigenvalue weighted by molar-refractivity contribution is 6.30. The van der Waals surface area contributed by atoms with E-state index in [4.69, 9.17) is 16.3 Å². The van der Waals surface area contributed by atoms with Gasteiger partial charge in [-0.15, -0.1) is 0 Å². The van der Waals surface area contributed by atoms with E-state index in [0.29, 0.717) is 17.3 Å². The van der Waals surface area contributed by atoms with Crippen LogP contribution in [0.25, 0.3) is 0 Å². The Hall–Kier alpha value is -1.87. The Morgan fingerprint density at radius 1 is 1.21 bits per heavy atom. The lowest BCUT2D eigenvalue weighted by atomic mass is 10.1. The number of nitrogens with one attached hydrogen (secondary N) is 1. The summed E-state index contributed by atoms with van der Waals surface area (Å²) < 4.78 is 5.01. The molecule has 0 atom stereocenters. The number of hydrogen-bond acceptors (Lipinski definition) is 3. The molecule has 4 heteroatoms. The number of aromatic hydroxyl groups is 1. The number of hydrogen-bond donors (Lipinski definition) is 2. The smallest absolute Gasteiger partial charge is 0.160 e. The third-order valence-electron chi connectivity index (χ3n) is 2.93. The van der Waals surface area contributed by atoms with Crippen molar-refractivity contribution in [2.45, 2.75) is 13.5 Å². The van der Waals surface area contributed by atoms with Gasteiger partial charge in [-0.3, -0.25) is 0 Å². The van der Waals surface area contributed by atoms with Crippen LogP contribution >= 0.6 is 11.6 Å². The van der Waals surface area contributed by atoms with Crippen LogP contribution in [0.3, 0.4) is 0 Å². The maximum absolute atomic E-state index is 9.71. The lowest BCUT2D eigenvalue weighted by Gasteiger charge is -2.11. The molecule has 0 fully saturated rings. The van der Waals surface area contributed by atoms with Gasteiger partial charge < -0.3 is 15.2 Å². The lowest BCUT2D eigenvalue weighted by molar-refractivity contribution is 0.373. The Balaban J connectivity index is 2.10. The maximum atomic E-state index is 9.71. The van der Waals surface area contributed by atoms with Crippen LogP contribution < -0.4 is 10.1 Å². The van der Waals surface area contributed by atoms with Gasteiger partial charge in [0.05, 0.1) is 7.11 Å². The van der Waals surface area contributed by atoms with E-state index in [-0.39, 0.29) is 5.75 Å². The molecule has 0 aliphatic carbocycles. The summed E-state index contributed by atoms with van der Waals surface area (Å²) in [5.74, 6) is 0.618. The first-order valence-corrected chi connectivity index (χ1v) is 6.34. The van der Waals surface area contributed by atoms with Crippen LogP contribution in [0, 0.1) is 6.92 Å². The maximum Gasteiger partial charge on any atom is 0.160 e. The predicted octanol–water partition coefficient (Wildman–Crippen LogP) is 3.97. The number of phenols is 1. The van der Waals surface area contributed by atoms with E-state index in [9.17, 15) is 5.11 Å². The minimum Gasteiger partial charge on any atom is -0.504 e. The highest BCUT2D eigenvalue weighted by Gasteiger charge is 2.03. The molecule has 2 N–H and O–H groups in total. The minimum atomic E-state index is 0.143. The second kappa shape index (κ2) is 5.85. The fraction of sp³-hybridized carbons (Fsp3) is 0.200. The Bertz CT molecular complexity index is 584. The van der Waals surface area contributed by atoms with Crippen molar-refractivity contribution < 1.29 is 9.84 Å². The molecule has 100 valence electrons. The fourth-order valence-electron chi connectivity index (χ4n) is 1.83. The first-order valence-electron chi connectivity index (χ1n) is 5.96. The molecule has 2 aromatic rings. The summed E-state index contributed by atoms with van der Waals surface area (Å²) in [7, 11) is 1.53. The zero-order chi connectivity index (χ0) is 13.8. The summed E-state index contributed by atoms with van der Waals surface area (Å²) in [5, 5.41) is 13.7. The van der Waals surface area contributed by atoms with Crippen LogP contribution in [0.4, 0.5) is 5.69 Å². The minimum absolute atomic E-state index is 0.143. The molecular weight excluding hydrogens is 262 g/mol. The second-order valence-electron chi connectivity index (χ2n) is 4.32. The van der Waals surface area contributed by atoms with Gasteiger partial charge >= 0.3 is 0 Å². The van der Waals surface area contributed by atoms with Gasteiger partial charge in [-0.25, -0.2) is 0 Å². The Morgan fingerprint density at radius 2 is 2.00 bits per heavy atom. The number of rotatable bonds is 4. The number of halogens is 1. The van der Waals surface area contributed by atoms with Crippen LogP contribution in [0.5, 0.6) is 11.5 Å². The standard InChI is InChI=1S/C15H16ClNO2/c1-10-3-5-12(16)8-13(10)17-9-11-4-6-15(19-2)14(18)7-11/h3-8,17-18H,9H2,1-2H3. The van der Waals surface area contributed by atoms with Crippen molar-refractivity contribution in [2.75, 3.05) is 12.4 Å². The molecule has 0 bridgehead atoms. The summed E-state index contributed by atoms with van der Waals surface area (Å²) in [4.78, 5) is 0. The zero-order valence-electron chi connectivity index (χ0n) is 10.9. The van der Waals surface area contributed by atoms with Crippen molar-refractivity contribution in [3.63, 3.8) is 0 Å². The molecule has 2 aromatic carbocycles. The average Bonchev–Trinajstić information content (AvgIpc) is 2.40. The molecular formula is C15H16ClNO2. The SMILES string of the molecule is COc1ccc(CNc2cc(Cl)ccc2C)cc1O. The van der Waals surface area contributed by atoms with Gasteiger partial charge in [0.2, 0.25) is 0 Å². The van der Waals surface area contributed by atoms with Gasteiger partial charge in [-0.05, 0) is 42.3 Å². The summed E-state index contributed by atoms with van der Waals surface area (Å²) in [5.41, 5.74) is 3.09. The molecule has 0 aliphatic heterocycles. The molecule has 0 heterocycles. The summed E-state index contributed by atoms with van der Waals surface area (Å²) in [6, 6.07) is 11.1. The van der Waals surface area contributed by atoms with Gasteiger partial charge in [0, 0.05) is 17.3 Å². The molecule has 0 aliphatic rings. The molecule has 0 unspecified atom stereocenters. The number of benzene rings is 2. The molecule has 19 heavy (non-hydrogen) atoms. The Labute approximate surface area is 117 Å². The zero-order valence-corrected chi connectivity index (χ0v) is 11.7. The summed E-state index contributed by atoms with van der Waals surface area (Å²) >= 11 is 5.97. The monoisotopic (exact) mass is 277 g/mol. The second-order valence-corrected chi connectivity index (χ2v) is 4.76. The number of phenolic OH excluding ortho intramolecular Hbond substituents is 1. The van der Waals surface area contributed by atoms with Gasteiger partial charge in [-0.2, -0.15) is 0 Å². The van der Waals surface area contributed by atoms with Crippen LogP contribution in [-0.4, -0.2) is 12.2 Å². The topological polar surface area (TPSA) is 41.5 Å². The molecule has 0 amide bonds. The Morgan fingerprint density at radius 3 is 2.68 bits per heavy atom.